The molecular formula is C22H24N2O5S. The van der Waals surface area contributed by atoms with E-state index in [1.165, 1.54) is 0 Å². The van der Waals surface area contributed by atoms with Gasteiger partial charge in [0.1, 0.15) is 17.3 Å². The average molecular weight is 429 g/mol. The number of hydrogen-bond donors (Lipinski definition) is 1. The lowest BCUT2D eigenvalue weighted by Gasteiger charge is -2.06. The van der Waals surface area contributed by atoms with Crippen LogP contribution in [0.1, 0.15) is 17.0 Å². The number of oxazole rings is 1. The van der Waals surface area contributed by atoms with E-state index in [2.05, 4.69) is 10.3 Å². The molecule has 0 saturated carbocycles. The fraction of sp³-hybridized carbons (Fsp3) is 0.273. The normalized spacial score (nSPS) is 11.3. The summed E-state index contributed by atoms with van der Waals surface area (Å²) in [6.45, 7) is 2.03. The van der Waals surface area contributed by atoms with Gasteiger partial charge >= 0.3 is 0 Å². The van der Waals surface area contributed by atoms with Crippen molar-refractivity contribution in [3.05, 3.63) is 71.6 Å². The van der Waals surface area contributed by atoms with Crippen molar-refractivity contribution in [2.75, 3.05) is 19.4 Å². The Morgan fingerprint density at radius 1 is 1.13 bits per heavy atom. The summed E-state index contributed by atoms with van der Waals surface area (Å²) in [6, 6.07) is 16.8. The van der Waals surface area contributed by atoms with Gasteiger partial charge in [-0.15, -0.1) is 0 Å². The quantitative estimate of drug-likeness (QED) is 0.563. The predicted octanol–water partition coefficient (Wildman–Crippen LogP) is 2.93. The molecule has 0 spiro atoms. The first-order valence-corrected chi connectivity index (χ1v) is 11.3. The van der Waals surface area contributed by atoms with Crippen molar-refractivity contribution in [1.82, 2.24) is 10.3 Å². The number of aryl methyl sites for hydroxylation is 1. The van der Waals surface area contributed by atoms with Crippen molar-refractivity contribution in [2.24, 2.45) is 0 Å². The SMILES string of the molecule is COc1cccc(-c2nc(CS(=O)(=O)CC(=O)NCCc3ccccc3)c(C)o2)c1. The van der Waals surface area contributed by atoms with E-state index in [9.17, 15) is 13.2 Å². The second kappa shape index (κ2) is 9.58. The van der Waals surface area contributed by atoms with Gasteiger partial charge in [0.15, 0.2) is 9.84 Å². The predicted molar refractivity (Wildman–Crippen MR) is 114 cm³/mol. The van der Waals surface area contributed by atoms with Crippen LogP contribution in [0, 0.1) is 6.92 Å². The Labute approximate surface area is 176 Å². The van der Waals surface area contributed by atoms with E-state index < -0.39 is 21.5 Å². The molecule has 1 amide bonds. The highest BCUT2D eigenvalue weighted by molar-refractivity contribution is 7.91. The topological polar surface area (TPSA) is 98.5 Å². The lowest BCUT2D eigenvalue weighted by Crippen LogP contribution is -2.32. The zero-order valence-corrected chi connectivity index (χ0v) is 17.7. The van der Waals surface area contributed by atoms with Crippen LogP contribution in [0.5, 0.6) is 5.75 Å². The van der Waals surface area contributed by atoms with Crippen molar-refractivity contribution < 1.29 is 22.4 Å². The average Bonchev–Trinajstić information content (AvgIpc) is 3.08. The molecule has 0 unspecified atom stereocenters. The monoisotopic (exact) mass is 428 g/mol. The number of sulfone groups is 1. The molecule has 8 heteroatoms. The molecule has 7 nitrogen and oxygen atoms in total. The first kappa shape index (κ1) is 21.6. The van der Waals surface area contributed by atoms with E-state index in [1.807, 2.05) is 30.3 Å². The number of carbonyl (C=O) groups is 1. The van der Waals surface area contributed by atoms with Crippen molar-refractivity contribution in [2.45, 2.75) is 19.1 Å². The van der Waals surface area contributed by atoms with Gasteiger partial charge in [-0.1, -0.05) is 36.4 Å². The number of methoxy groups -OCH3 is 1. The summed E-state index contributed by atoms with van der Waals surface area (Å²) in [5.74, 6) is -0.129. The van der Waals surface area contributed by atoms with Gasteiger partial charge in [0.05, 0.1) is 18.6 Å². The number of nitrogens with zero attached hydrogens (tertiary/aromatic N) is 1. The molecule has 0 radical (unpaired) electrons. The van der Waals surface area contributed by atoms with Crippen LogP contribution in [0.3, 0.4) is 0 Å². The minimum absolute atomic E-state index is 0.296. The molecule has 2 aromatic carbocycles. The number of hydrogen-bond acceptors (Lipinski definition) is 6. The molecular weight excluding hydrogens is 404 g/mol. The van der Waals surface area contributed by atoms with Crippen LogP contribution in [0.25, 0.3) is 11.5 Å². The van der Waals surface area contributed by atoms with Gasteiger partial charge in [-0.25, -0.2) is 13.4 Å². The molecule has 1 heterocycles. The molecule has 158 valence electrons. The van der Waals surface area contributed by atoms with Crippen molar-refractivity contribution in [3.63, 3.8) is 0 Å². The van der Waals surface area contributed by atoms with Crippen molar-refractivity contribution >= 4 is 15.7 Å². The van der Waals surface area contributed by atoms with Crippen LogP contribution in [0.4, 0.5) is 0 Å². The third-order valence-electron chi connectivity index (χ3n) is 4.50. The van der Waals surface area contributed by atoms with Crippen molar-refractivity contribution in [1.29, 1.82) is 0 Å². The molecule has 0 atom stereocenters. The van der Waals surface area contributed by atoms with Gasteiger partial charge in [-0.3, -0.25) is 4.79 Å². The summed E-state index contributed by atoms with van der Waals surface area (Å²) in [5.41, 5.74) is 2.05. The summed E-state index contributed by atoms with van der Waals surface area (Å²) in [5, 5.41) is 2.66. The van der Waals surface area contributed by atoms with E-state index in [-0.39, 0.29) is 5.75 Å². The molecule has 0 aliphatic rings. The minimum Gasteiger partial charge on any atom is -0.497 e. The number of aromatic nitrogens is 1. The molecule has 1 aromatic heterocycles. The molecule has 1 N–H and O–H groups in total. The van der Waals surface area contributed by atoms with Crippen LogP contribution in [0.15, 0.2) is 59.0 Å². The molecule has 3 rings (SSSR count). The van der Waals surface area contributed by atoms with Gasteiger partial charge in [0.2, 0.25) is 11.8 Å². The summed E-state index contributed by atoms with van der Waals surface area (Å²) in [6.07, 6.45) is 0.638. The Morgan fingerprint density at radius 3 is 2.63 bits per heavy atom. The van der Waals surface area contributed by atoms with Crippen LogP contribution in [-0.2, 0) is 26.8 Å². The minimum atomic E-state index is -3.69. The maximum Gasteiger partial charge on any atom is 0.235 e. The van der Waals surface area contributed by atoms with Gasteiger partial charge in [-0.05, 0) is 37.1 Å². The van der Waals surface area contributed by atoms with Gasteiger partial charge in [0.25, 0.3) is 0 Å². The zero-order valence-electron chi connectivity index (χ0n) is 16.9. The molecule has 30 heavy (non-hydrogen) atoms. The fourth-order valence-electron chi connectivity index (χ4n) is 2.94. The van der Waals surface area contributed by atoms with Crippen LogP contribution in [0.2, 0.25) is 0 Å². The number of nitrogens with one attached hydrogen (secondary N) is 1. The fourth-order valence-corrected chi connectivity index (χ4v) is 4.23. The van der Waals surface area contributed by atoms with Gasteiger partial charge < -0.3 is 14.5 Å². The number of ether oxygens (including phenoxy) is 1. The summed E-state index contributed by atoms with van der Waals surface area (Å²) < 4.78 is 35.8. The highest BCUT2D eigenvalue weighted by atomic mass is 32.2. The number of rotatable bonds is 9. The third-order valence-corrected chi connectivity index (χ3v) is 5.91. The standard InChI is InChI=1S/C22H24N2O5S/c1-16-20(24-22(29-16)18-9-6-10-19(13-18)28-2)14-30(26,27)15-21(25)23-12-11-17-7-4-3-5-8-17/h3-10,13H,11-12,14-15H2,1-2H3,(H,23,25). The lowest BCUT2D eigenvalue weighted by molar-refractivity contribution is -0.118. The van der Waals surface area contributed by atoms with Gasteiger partial charge in [0, 0.05) is 12.1 Å². The zero-order chi connectivity index (χ0) is 21.6. The van der Waals surface area contributed by atoms with E-state index in [1.54, 1.807) is 38.3 Å². The molecule has 0 fully saturated rings. The third kappa shape index (κ3) is 5.93. The number of benzene rings is 2. The maximum absolute atomic E-state index is 12.5. The molecule has 0 aliphatic heterocycles. The number of carbonyl (C=O) groups excluding carboxylic acids is 1. The lowest BCUT2D eigenvalue weighted by atomic mass is 10.1. The Kier molecular flexibility index (Phi) is 6.89. The number of amides is 1. The Bertz CT molecular complexity index is 1110. The molecule has 0 saturated heterocycles. The molecule has 0 bridgehead atoms. The maximum atomic E-state index is 12.5. The van der Waals surface area contributed by atoms with Gasteiger partial charge in [-0.2, -0.15) is 0 Å². The van der Waals surface area contributed by atoms with Crippen LogP contribution >= 0.6 is 0 Å². The largest absolute Gasteiger partial charge is 0.497 e. The Balaban J connectivity index is 1.59. The smallest absolute Gasteiger partial charge is 0.235 e. The highest BCUT2D eigenvalue weighted by Gasteiger charge is 2.22. The second-order valence-electron chi connectivity index (χ2n) is 6.87. The summed E-state index contributed by atoms with van der Waals surface area (Å²) in [7, 11) is -2.13. The van der Waals surface area contributed by atoms with E-state index in [4.69, 9.17) is 9.15 Å². The Hall–Kier alpha value is -3.13. The summed E-state index contributed by atoms with van der Waals surface area (Å²) in [4.78, 5) is 16.4. The van der Waals surface area contributed by atoms with E-state index >= 15 is 0 Å². The Morgan fingerprint density at radius 2 is 1.90 bits per heavy atom. The first-order valence-electron chi connectivity index (χ1n) is 9.48. The van der Waals surface area contributed by atoms with E-state index in [0.717, 1.165) is 5.56 Å². The first-order chi connectivity index (χ1) is 14.4. The van der Waals surface area contributed by atoms with E-state index in [0.29, 0.717) is 41.6 Å². The molecule has 0 aliphatic carbocycles. The van der Waals surface area contributed by atoms with Crippen LogP contribution in [-0.4, -0.2) is 38.7 Å². The van der Waals surface area contributed by atoms with Crippen LogP contribution < -0.4 is 10.1 Å². The molecule has 3 aromatic rings. The second-order valence-corrected chi connectivity index (χ2v) is 8.94. The summed E-state index contributed by atoms with van der Waals surface area (Å²) >= 11 is 0. The highest BCUT2D eigenvalue weighted by Crippen LogP contribution is 2.26. The van der Waals surface area contributed by atoms with Crippen molar-refractivity contribution in [3.8, 4) is 17.2 Å².